The summed E-state index contributed by atoms with van der Waals surface area (Å²) in [6.07, 6.45) is 3.67. The minimum Gasteiger partial charge on any atom is -0.493 e. The Bertz CT molecular complexity index is 1160. The van der Waals surface area contributed by atoms with E-state index in [0.29, 0.717) is 29.0 Å². The molecule has 0 spiro atoms. The number of rotatable bonds is 7. The maximum absolute atomic E-state index is 12.4. The Morgan fingerprint density at radius 3 is 2.79 bits per heavy atom. The molecular weight excluding hydrogens is 366 g/mol. The van der Waals surface area contributed by atoms with E-state index in [0.717, 1.165) is 24.0 Å². The molecule has 6 heteroatoms. The first-order valence-electron chi connectivity index (χ1n) is 9.49. The van der Waals surface area contributed by atoms with Crippen molar-refractivity contribution in [1.29, 1.82) is 5.26 Å². The van der Waals surface area contributed by atoms with Crippen LogP contribution in [0.1, 0.15) is 36.7 Å². The molecule has 0 atom stereocenters. The predicted molar refractivity (Wildman–Crippen MR) is 114 cm³/mol. The highest BCUT2D eigenvalue weighted by atomic mass is 16.5. The fourth-order valence-corrected chi connectivity index (χ4v) is 2.92. The van der Waals surface area contributed by atoms with Crippen LogP contribution in [0.2, 0.25) is 0 Å². The summed E-state index contributed by atoms with van der Waals surface area (Å²) in [6.45, 7) is 4.65. The lowest BCUT2D eigenvalue weighted by Crippen LogP contribution is -2.11. The van der Waals surface area contributed by atoms with E-state index in [4.69, 9.17) is 9.47 Å². The number of fused-ring (bicyclic) bond motifs is 1. The number of aryl methyl sites for hydroxylation is 1. The number of allylic oxidation sites excluding steroid dienone is 1. The molecule has 148 valence electrons. The average molecular weight is 389 g/mol. The van der Waals surface area contributed by atoms with Crippen molar-refractivity contribution in [3.8, 4) is 17.6 Å². The highest BCUT2D eigenvalue weighted by Crippen LogP contribution is 2.29. The summed E-state index contributed by atoms with van der Waals surface area (Å²) in [5.41, 5.74) is 2.28. The van der Waals surface area contributed by atoms with Gasteiger partial charge in [0.15, 0.2) is 17.3 Å². The minimum atomic E-state index is -0.275. The summed E-state index contributed by atoms with van der Waals surface area (Å²) in [7, 11) is 1.57. The Labute approximate surface area is 169 Å². The van der Waals surface area contributed by atoms with E-state index in [9.17, 15) is 10.1 Å². The highest BCUT2D eigenvalue weighted by molar-refractivity contribution is 5.89. The van der Waals surface area contributed by atoms with Gasteiger partial charge in [-0.05, 0) is 54.8 Å². The molecule has 0 aliphatic rings. The maximum Gasteiger partial charge on any atom is 0.259 e. The van der Waals surface area contributed by atoms with Gasteiger partial charge in [0.2, 0.25) is 0 Å². The van der Waals surface area contributed by atoms with Crippen LogP contribution in [0.5, 0.6) is 11.5 Å². The SMILES string of the molecule is CCCCOc1ccc(C=C(C#N)c2nc3cc(C)ccc3c(=O)[nH]2)cc1OC. The fraction of sp³-hybridized carbons (Fsp3) is 0.261. The summed E-state index contributed by atoms with van der Waals surface area (Å²) in [6, 6.07) is 13.0. The molecule has 0 radical (unpaired) electrons. The summed E-state index contributed by atoms with van der Waals surface area (Å²) in [5.74, 6) is 1.48. The van der Waals surface area contributed by atoms with E-state index < -0.39 is 0 Å². The number of hydrogen-bond donors (Lipinski definition) is 1. The molecule has 0 fully saturated rings. The van der Waals surface area contributed by atoms with E-state index in [1.807, 2.05) is 31.2 Å². The van der Waals surface area contributed by atoms with Crippen molar-refractivity contribution in [2.45, 2.75) is 26.7 Å². The largest absolute Gasteiger partial charge is 0.493 e. The molecule has 3 rings (SSSR count). The highest BCUT2D eigenvalue weighted by Gasteiger charge is 2.10. The molecule has 1 heterocycles. The second kappa shape index (κ2) is 9.07. The Morgan fingerprint density at radius 2 is 2.07 bits per heavy atom. The first kappa shape index (κ1) is 20.2. The first-order chi connectivity index (χ1) is 14.0. The Balaban J connectivity index is 1.99. The van der Waals surface area contributed by atoms with Crippen LogP contribution >= 0.6 is 0 Å². The molecule has 0 bridgehead atoms. The van der Waals surface area contributed by atoms with Crippen LogP contribution in [0.3, 0.4) is 0 Å². The van der Waals surface area contributed by atoms with Gasteiger partial charge in [0, 0.05) is 0 Å². The number of hydrogen-bond acceptors (Lipinski definition) is 5. The number of benzene rings is 2. The third-order valence-electron chi connectivity index (χ3n) is 4.49. The van der Waals surface area contributed by atoms with Crippen LogP contribution in [0.4, 0.5) is 0 Å². The van der Waals surface area contributed by atoms with Crippen LogP contribution in [0, 0.1) is 18.3 Å². The molecule has 3 aromatic rings. The Hall–Kier alpha value is -3.59. The third-order valence-corrected chi connectivity index (χ3v) is 4.49. The van der Waals surface area contributed by atoms with Crippen molar-refractivity contribution < 1.29 is 9.47 Å². The molecule has 0 aliphatic carbocycles. The average Bonchev–Trinajstić information content (AvgIpc) is 2.72. The first-order valence-corrected chi connectivity index (χ1v) is 9.49. The molecule has 1 N–H and O–H groups in total. The van der Waals surface area contributed by atoms with Crippen molar-refractivity contribution in [3.63, 3.8) is 0 Å². The number of aromatic amines is 1. The number of nitriles is 1. The third kappa shape index (κ3) is 4.64. The van der Waals surface area contributed by atoms with Crippen LogP contribution in [0.25, 0.3) is 22.6 Å². The van der Waals surface area contributed by atoms with Gasteiger partial charge in [0.25, 0.3) is 5.56 Å². The number of nitrogens with one attached hydrogen (secondary N) is 1. The fourth-order valence-electron chi connectivity index (χ4n) is 2.92. The smallest absolute Gasteiger partial charge is 0.259 e. The summed E-state index contributed by atoms with van der Waals surface area (Å²) >= 11 is 0. The van der Waals surface area contributed by atoms with E-state index in [1.165, 1.54) is 0 Å². The van der Waals surface area contributed by atoms with E-state index in [2.05, 4.69) is 23.0 Å². The number of aromatic nitrogens is 2. The van der Waals surface area contributed by atoms with Crippen molar-refractivity contribution >= 4 is 22.6 Å². The van der Waals surface area contributed by atoms with Crippen LogP contribution in [-0.4, -0.2) is 23.7 Å². The molecule has 6 nitrogen and oxygen atoms in total. The van der Waals surface area contributed by atoms with Crippen molar-refractivity contribution in [2.24, 2.45) is 0 Å². The lowest BCUT2D eigenvalue weighted by Gasteiger charge is -2.11. The lowest BCUT2D eigenvalue weighted by molar-refractivity contribution is 0.288. The number of unbranched alkanes of at least 4 members (excludes halogenated alkanes) is 1. The van der Waals surface area contributed by atoms with Crippen molar-refractivity contribution in [1.82, 2.24) is 9.97 Å². The van der Waals surface area contributed by atoms with Gasteiger partial charge in [-0.2, -0.15) is 5.26 Å². The molecule has 2 aromatic carbocycles. The molecule has 1 aromatic heterocycles. The summed E-state index contributed by atoms with van der Waals surface area (Å²) in [5, 5.41) is 10.1. The van der Waals surface area contributed by atoms with Crippen molar-refractivity contribution in [2.75, 3.05) is 13.7 Å². The topological polar surface area (TPSA) is 88.0 Å². The lowest BCUT2D eigenvalue weighted by atomic mass is 10.1. The number of methoxy groups -OCH3 is 1. The van der Waals surface area contributed by atoms with Gasteiger partial charge in [-0.25, -0.2) is 4.98 Å². The molecule has 0 saturated carbocycles. The number of ether oxygens (including phenoxy) is 2. The van der Waals surface area contributed by atoms with Gasteiger partial charge < -0.3 is 14.5 Å². The van der Waals surface area contributed by atoms with Crippen LogP contribution in [-0.2, 0) is 0 Å². The van der Waals surface area contributed by atoms with Gasteiger partial charge in [-0.3, -0.25) is 4.79 Å². The second-order valence-corrected chi connectivity index (χ2v) is 6.72. The van der Waals surface area contributed by atoms with Crippen LogP contribution in [0.15, 0.2) is 41.2 Å². The zero-order valence-corrected chi connectivity index (χ0v) is 16.8. The predicted octanol–water partition coefficient (Wildman–Crippen LogP) is 4.48. The van der Waals surface area contributed by atoms with Gasteiger partial charge >= 0.3 is 0 Å². The zero-order valence-electron chi connectivity index (χ0n) is 16.8. The van der Waals surface area contributed by atoms with E-state index >= 15 is 0 Å². The zero-order chi connectivity index (χ0) is 20.8. The molecule has 0 amide bonds. The molecule has 0 aliphatic heterocycles. The van der Waals surface area contributed by atoms with E-state index in [1.54, 1.807) is 25.3 Å². The Kier molecular flexibility index (Phi) is 6.30. The quantitative estimate of drug-likeness (QED) is 0.475. The van der Waals surface area contributed by atoms with Gasteiger partial charge in [0.05, 0.1) is 30.2 Å². The molecular formula is C23H23N3O3. The summed E-state index contributed by atoms with van der Waals surface area (Å²) < 4.78 is 11.2. The van der Waals surface area contributed by atoms with Gasteiger partial charge in [-0.1, -0.05) is 25.5 Å². The molecule has 0 saturated heterocycles. The second-order valence-electron chi connectivity index (χ2n) is 6.72. The summed E-state index contributed by atoms with van der Waals surface area (Å²) in [4.78, 5) is 19.6. The molecule has 0 unspecified atom stereocenters. The monoisotopic (exact) mass is 389 g/mol. The standard InChI is InChI=1S/C23H23N3O3/c1-4-5-10-29-20-9-7-16(13-21(20)28-3)12-17(14-24)22-25-19-11-15(2)6-8-18(19)23(27)26-22/h6-9,11-13H,4-5,10H2,1-3H3,(H,25,26,27). The van der Waals surface area contributed by atoms with Crippen LogP contribution < -0.4 is 15.0 Å². The number of nitrogens with zero attached hydrogens (tertiary/aromatic N) is 2. The van der Waals surface area contributed by atoms with Gasteiger partial charge in [-0.15, -0.1) is 0 Å². The Morgan fingerprint density at radius 1 is 1.24 bits per heavy atom. The normalized spacial score (nSPS) is 11.3. The van der Waals surface area contributed by atoms with Gasteiger partial charge in [0.1, 0.15) is 6.07 Å². The maximum atomic E-state index is 12.4. The minimum absolute atomic E-state index is 0.234. The van der Waals surface area contributed by atoms with E-state index in [-0.39, 0.29) is 17.0 Å². The number of H-pyrrole nitrogens is 1. The van der Waals surface area contributed by atoms with Crippen molar-refractivity contribution in [3.05, 3.63) is 63.7 Å². The molecule has 29 heavy (non-hydrogen) atoms.